The van der Waals surface area contributed by atoms with Crippen molar-refractivity contribution in [2.24, 2.45) is 0 Å². The SMILES string of the molecule is [O-]N(c1ccc2ccccc2c1)c1ccc2ccccc2c1. The van der Waals surface area contributed by atoms with Crippen LogP contribution in [0.5, 0.6) is 0 Å². The molecule has 0 saturated carbocycles. The van der Waals surface area contributed by atoms with E-state index in [1.807, 2.05) is 84.9 Å². The van der Waals surface area contributed by atoms with Crippen LogP contribution < -0.4 is 5.06 Å². The summed E-state index contributed by atoms with van der Waals surface area (Å²) in [6, 6.07) is 27.7. The highest BCUT2D eigenvalue weighted by atomic mass is 16.5. The zero-order valence-electron chi connectivity index (χ0n) is 11.9. The molecule has 0 heterocycles. The van der Waals surface area contributed by atoms with E-state index in [-0.39, 0.29) is 0 Å². The van der Waals surface area contributed by atoms with Crippen LogP contribution in [-0.4, -0.2) is 0 Å². The summed E-state index contributed by atoms with van der Waals surface area (Å²) in [5.74, 6) is 0. The molecular weight excluding hydrogens is 270 g/mol. The summed E-state index contributed by atoms with van der Waals surface area (Å²) in [6.45, 7) is 0. The quantitative estimate of drug-likeness (QED) is 0.446. The average Bonchev–Trinajstić information content (AvgIpc) is 2.60. The molecule has 0 aliphatic rings. The number of benzene rings is 4. The summed E-state index contributed by atoms with van der Waals surface area (Å²) in [5, 5.41) is 18.1. The Kier molecular flexibility index (Phi) is 3.02. The molecule has 0 saturated heterocycles. The van der Waals surface area contributed by atoms with Gasteiger partial charge in [-0.25, -0.2) is 0 Å². The summed E-state index contributed by atoms with van der Waals surface area (Å²) < 4.78 is 0. The second-order valence-corrected chi connectivity index (χ2v) is 5.36. The van der Waals surface area contributed by atoms with Crippen LogP contribution in [0.3, 0.4) is 0 Å². The fourth-order valence-electron chi connectivity index (χ4n) is 2.76. The largest absolute Gasteiger partial charge is 0.754 e. The Morgan fingerprint density at radius 1 is 0.500 bits per heavy atom. The third kappa shape index (κ3) is 2.20. The van der Waals surface area contributed by atoms with Crippen molar-refractivity contribution in [2.75, 3.05) is 5.06 Å². The second kappa shape index (κ2) is 5.17. The molecule has 0 aliphatic heterocycles. The Bertz CT molecular complexity index is 882. The molecule has 2 nitrogen and oxygen atoms in total. The molecule has 0 bridgehead atoms. The Hall–Kier alpha value is -2.84. The van der Waals surface area contributed by atoms with Gasteiger partial charge in [0.25, 0.3) is 0 Å². The highest BCUT2D eigenvalue weighted by Gasteiger charge is 2.02. The first-order valence-electron chi connectivity index (χ1n) is 7.26. The summed E-state index contributed by atoms with van der Waals surface area (Å²) in [5.41, 5.74) is 1.29. The summed E-state index contributed by atoms with van der Waals surface area (Å²) in [4.78, 5) is 0. The second-order valence-electron chi connectivity index (χ2n) is 5.36. The van der Waals surface area contributed by atoms with E-state index in [0.29, 0.717) is 11.4 Å². The van der Waals surface area contributed by atoms with Crippen LogP contribution in [0.2, 0.25) is 0 Å². The van der Waals surface area contributed by atoms with E-state index >= 15 is 0 Å². The van der Waals surface area contributed by atoms with Crippen molar-refractivity contribution in [3.8, 4) is 0 Å². The fraction of sp³-hybridized carbons (Fsp3) is 0. The number of hydrogen-bond donors (Lipinski definition) is 0. The number of anilines is 2. The Labute approximate surface area is 128 Å². The minimum absolute atomic E-state index is 0.647. The summed E-state index contributed by atoms with van der Waals surface area (Å²) in [6.07, 6.45) is 0. The lowest BCUT2D eigenvalue weighted by Gasteiger charge is -2.31. The number of hydrogen-bond acceptors (Lipinski definition) is 2. The van der Waals surface area contributed by atoms with Crippen LogP contribution >= 0.6 is 0 Å². The maximum absolute atomic E-state index is 12.7. The zero-order chi connectivity index (χ0) is 14.9. The highest BCUT2D eigenvalue weighted by molar-refractivity contribution is 5.89. The Morgan fingerprint density at radius 2 is 0.909 bits per heavy atom. The normalized spacial score (nSPS) is 11.0. The van der Waals surface area contributed by atoms with E-state index in [1.165, 1.54) is 0 Å². The molecule has 106 valence electrons. The van der Waals surface area contributed by atoms with Crippen molar-refractivity contribution in [3.05, 3.63) is 90.1 Å². The van der Waals surface area contributed by atoms with Crippen molar-refractivity contribution in [2.45, 2.75) is 0 Å². The number of fused-ring (bicyclic) bond motifs is 2. The van der Waals surface area contributed by atoms with Gasteiger partial charge < -0.3 is 10.3 Å². The minimum atomic E-state index is 0.647. The summed E-state index contributed by atoms with van der Waals surface area (Å²) >= 11 is 0. The average molecular weight is 284 g/mol. The molecule has 0 aliphatic carbocycles. The van der Waals surface area contributed by atoms with Crippen LogP contribution in [0.15, 0.2) is 84.9 Å². The van der Waals surface area contributed by atoms with Crippen LogP contribution in [0.25, 0.3) is 21.5 Å². The molecule has 2 heteroatoms. The molecule has 0 N–H and O–H groups in total. The molecule has 4 rings (SSSR count). The van der Waals surface area contributed by atoms with Crippen LogP contribution in [0.1, 0.15) is 0 Å². The van der Waals surface area contributed by atoms with Crippen molar-refractivity contribution in [1.82, 2.24) is 0 Å². The lowest BCUT2D eigenvalue weighted by Crippen LogP contribution is -2.06. The smallest absolute Gasteiger partial charge is 0.0310 e. The molecule has 0 spiro atoms. The van der Waals surface area contributed by atoms with Gasteiger partial charge in [0.1, 0.15) is 0 Å². The van der Waals surface area contributed by atoms with E-state index in [1.54, 1.807) is 0 Å². The third-order valence-corrected chi connectivity index (χ3v) is 3.94. The lowest BCUT2D eigenvalue weighted by molar-refractivity contribution is 1.31. The molecule has 4 aromatic rings. The van der Waals surface area contributed by atoms with Gasteiger partial charge in [-0.3, -0.25) is 0 Å². The first kappa shape index (κ1) is 12.9. The predicted octanol–water partition coefficient (Wildman–Crippen LogP) is 5.63. The van der Waals surface area contributed by atoms with E-state index in [9.17, 15) is 5.21 Å². The minimum Gasteiger partial charge on any atom is -0.754 e. The highest BCUT2D eigenvalue weighted by Crippen LogP contribution is 2.29. The van der Waals surface area contributed by atoms with Crippen molar-refractivity contribution < 1.29 is 0 Å². The van der Waals surface area contributed by atoms with E-state index in [0.717, 1.165) is 26.6 Å². The number of nitrogens with zero attached hydrogens (tertiary/aromatic N) is 1. The first-order valence-corrected chi connectivity index (χ1v) is 7.26. The van der Waals surface area contributed by atoms with Crippen molar-refractivity contribution >= 4 is 32.9 Å². The van der Waals surface area contributed by atoms with Gasteiger partial charge in [0.05, 0.1) is 0 Å². The fourth-order valence-corrected chi connectivity index (χ4v) is 2.76. The van der Waals surface area contributed by atoms with E-state index in [2.05, 4.69) is 0 Å². The molecule has 0 radical (unpaired) electrons. The summed E-state index contributed by atoms with van der Waals surface area (Å²) in [7, 11) is 0. The molecule has 0 amide bonds. The zero-order valence-corrected chi connectivity index (χ0v) is 11.9. The van der Waals surface area contributed by atoms with Gasteiger partial charge in [-0.05, 0) is 45.8 Å². The van der Waals surface area contributed by atoms with Gasteiger partial charge in [0, 0.05) is 11.4 Å². The van der Waals surface area contributed by atoms with Gasteiger partial charge in [0.15, 0.2) is 0 Å². The molecule has 0 atom stereocenters. The topological polar surface area (TPSA) is 26.3 Å². The molecule has 4 aromatic carbocycles. The van der Waals surface area contributed by atoms with Crippen LogP contribution in [-0.2, 0) is 0 Å². The van der Waals surface area contributed by atoms with Gasteiger partial charge in [-0.15, -0.1) is 0 Å². The Balaban J connectivity index is 1.78. The molecule has 0 fully saturated rings. The monoisotopic (exact) mass is 284 g/mol. The number of rotatable bonds is 2. The molecule has 0 aromatic heterocycles. The first-order chi connectivity index (χ1) is 10.8. The van der Waals surface area contributed by atoms with Crippen LogP contribution in [0.4, 0.5) is 11.4 Å². The maximum atomic E-state index is 12.7. The van der Waals surface area contributed by atoms with Crippen molar-refractivity contribution in [1.29, 1.82) is 0 Å². The maximum Gasteiger partial charge on any atom is 0.0310 e. The van der Waals surface area contributed by atoms with Gasteiger partial charge in [0.2, 0.25) is 0 Å². The molecule has 0 unspecified atom stereocenters. The lowest BCUT2D eigenvalue weighted by atomic mass is 10.1. The van der Waals surface area contributed by atoms with E-state index < -0.39 is 0 Å². The van der Waals surface area contributed by atoms with Crippen LogP contribution in [0, 0.1) is 5.21 Å². The van der Waals surface area contributed by atoms with Gasteiger partial charge in [-0.1, -0.05) is 60.7 Å². The molecule has 22 heavy (non-hydrogen) atoms. The Morgan fingerprint density at radius 3 is 1.36 bits per heavy atom. The van der Waals surface area contributed by atoms with E-state index in [4.69, 9.17) is 0 Å². The van der Waals surface area contributed by atoms with Gasteiger partial charge in [-0.2, -0.15) is 0 Å². The van der Waals surface area contributed by atoms with Gasteiger partial charge >= 0.3 is 0 Å². The molecular formula is C20H14NO-. The predicted molar refractivity (Wildman–Crippen MR) is 93.4 cm³/mol. The van der Waals surface area contributed by atoms with Crippen molar-refractivity contribution in [3.63, 3.8) is 0 Å². The standard InChI is InChI=1S/C20H14NO/c22-21(19-11-9-15-5-1-3-7-17(15)13-19)20-12-10-16-6-2-4-8-18(16)14-20/h1-14H/q-1. The third-order valence-electron chi connectivity index (χ3n) is 3.94.